The molecule has 0 spiro atoms. The second-order valence-corrected chi connectivity index (χ2v) is 4.81. The third-order valence-electron chi connectivity index (χ3n) is 3.52. The summed E-state index contributed by atoms with van der Waals surface area (Å²) in [5.74, 6) is -3.61. The van der Waals surface area contributed by atoms with Crippen molar-refractivity contribution in [1.29, 1.82) is 0 Å². The number of carbonyl (C=O) groups excluding carboxylic acids is 2. The highest BCUT2D eigenvalue weighted by Gasteiger charge is 2.31. The summed E-state index contributed by atoms with van der Waals surface area (Å²) in [4.78, 5) is 34.4. The number of hydrogen-bond acceptors (Lipinski definition) is 4. The van der Waals surface area contributed by atoms with Gasteiger partial charge < -0.3 is 15.2 Å². The Hall–Kier alpha value is -1.59. The van der Waals surface area contributed by atoms with Crippen LogP contribution in [-0.2, 0) is 19.1 Å². The number of carbonyl (C=O) groups is 3. The Morgan fingerprint density at radius 2 is 1.68 bits per heavy atom. The number of nitrogens with one attached hydrogen (secondary N) is 1. The summed E-state index contributed by atoms with van der Waals surface area (Å²) >= 11 is 0. The number of aliphatic carboxylic acids is 1. The molecule has 0 aromatic carbocycles. The van der Waals surface area contributed by atoms with E-state index in [1.165, 1.54) is 21.0 Å². The molecular formula is C13H23NO5. The van der Waals surface area contributed by atoms with Gasteiger partial charge in [0.15, 0.2) is 0 Å². The van der Waals surface area contributed by atoms with Gasteiger partial charge >= 0.3 is 11.9 Å². The zero-order valence-electron chi connectivity index (χ0n) is 12.1. The van der Waals surface area contributed by atoms with Crippen LogP contribution in [0.4, 0.5) is 0 Å². The van der Waals surface area contributed by atoms with E-state index in [1.54, 1.807) is 0 Å². The van der Waals surface area contributed by atoms with Crippen molar-refractivity contribution in [3.8, 4) is 0 Å². The molecule has 0 aliphatic rings. The third-order valence-corrected chi connectivity index (χ3v) is 3.52. The summed E-state index contributed by atoms with van der Waals surface area (Å²) in [7, 11) is 1.26. The van der Waals surface area contributed by atoms with Crippen LogP contribution >= 0.6 is 0 Å². The van der Waals surface area contributed by atoms with Crippen LogP contribution in [0.3, 0.4) is 0 Å². The molecule has 110 valence electrons. The zero-order chi connectivity index (χ0) is 15.2. The van der Waals surface area contributed by atoms with Gasteiger partial charge in [0.1, 0.15) is 6.04 Å². The first-order valence-corrected chi connectivity index (χ1v) is 6.37. The number of carboxylic acids is 1. The Labute approximate surface area is 113 Å². The summed E-state index contributed by atoms with van der Waals surface area (Å²) < 4.78 is 4.65. The topological polar surface area (TPSA) is 92.7 Å². The van der Waals surface area contributed by atoms with E-state index in [0.29, 0.717) is 6.42 Å². The van der Waals surface area contributed by atoms with Crippen molar-refractivity contribution in [2.45, 2.75) is 40.2 Å². The van der Waals surface area contributed by atoms with Crippen molar-refractivity contribution in [3.63, 3.8) is 0 Å². The van der Waals surface area contributed by atoms with Crippen LogP contribution in [0, 0.1) is 17.8 Å². The Balaban J connectivity index is 4.81. The van der Waals surface area contributed by atoms with Gasteiger partial charge in [-0.2, -0.15) is 0 Å². The minimum atomic E-state index is -1.04. The molecule has 19 heavy (non-hydrogen) atoms. The second kappa shape index (κ2) is 7.76. The lowest BCUT2D eigenvalue weighted by atomic mass is 9.93. The van der Waals surface area contributed by atoms with Gasteiger partial charge in [-0.3, -0.25) is 9.59 Å². The molecule has 0 fully saturated rings. The van der Waals surface area contributed by atoms with Gasteiger partial charge in [-0.25, -0.2) is 4.79 Å². The second-order valence-electron chi connectivity index (χ2n) is 4.81. The first-order valence-electron chi connectivity index (χ1n) is 6.37. The van der Waals surface area contributed by atoms with Crippen LogP contribution in [0.2, 0.25) is 0 Å². The lowest BCUT2D eigenvalue weighted by Gasteiger charge is -2.24. The molecule has 0 radical (unpaired) electrons. The van der Waals surface area contributed by atoms with Crippen LogP contribution in [0.15, 0.2) is 0 Å². The summed E-state index contributed by atoms with van der Waals surface area (Å²) in [6.45, 7) is 6.71. The van der Waals surface area contributed by atoms with Crippen molar-refractivity contribution in [2.24, 2.45) is 17.8 Å². The van der Waals surface area contributed by atoms with Crippen molar-refractivity contribution in [2.75, 3.05) is 7.11 Å². The quantitative estimate of drug-likeness (QED) is 0.676. The van der Waals surface area contributed by atoms with Gasteiger partial charge in [-0.1, -0.05) is 34.1 Å². The van der Waals surface area contributed by atoms with E-state index in [0.717, 1.165) is 0 Å². The predicted molar refractivity (Wildman–Crippen MR) is 69.4 cm³/mol. The molecular weight excluding hydrogens is 250 g/mol. The Kier molecular flexibility index (Phi) is 7.11. The maximum Gasteiger partial charge on any atom is 0.328 e. The highest BCUT2D eigenvalue weighted by atomic mass is 16.5. The van der Waals surface area contributed by atoms with Crippen molar-refractivity contribution >= 4 is 17.8 Å². The molecule has 0 aliphatic heterocycles. The Morgan fingerprint density at radius 3 is 2.05 bits per heavy atom. The Bertz CT molecular complexity index is 342. The van der Waals surface area contributed by atoms with Crippen LogP contribution in [0.5, 0.6) is 0 Å². The van der Waals surface area contributed by atoms with E-state index in [1.807, 2.05) is 13.8 Å². The molecule has 4 atom stereocenters. The normalized spacial score (nSPS) is 16.9. The lowest BCUT2D eigenvalue weighted by molar-refractivity contribution is -0.149. The summed E-state index contributed by atoms with van der Waals surface area (Å²) in [5, 5.41) is 11.5. The fraction of sp³-hybridized carbons (Fsp3) is 0.769. The molecule has 0 rings (SSSR count). The molecule has 6 heteroatoms. The van der Waals surface area contributed by atoms with Crippen LogP contribution in [-0.4, -0.2) is 36.1 Å². The first kappa shape index (κ1) is 17.4. The van der Waals surface area contributed by atoms with Gasteiger partial charge in [-0.05, 0) is 5.92 Å². The predicted octanol–water partition coefficient (Wildman–Crippen LogP) is 1.05. The number of ether oxygens (including phenoxy) is 1. The van der Waals surface area contributed by atoms with E-state index < -0.39 is 35.7 Å². The molecule has 0 heterocycles. The smallest absolute Gasteiger partial charge is 0.328 e. The Morgan fingerprint density at radius 1 is 1.16 bits per heavy atom. The molecule has 0 saturated heterocycles. The number of methoxy groups -OCH3 is 1. The number of carboxylic acid groups (broad SMARTS) is 1. The average Bonchev–Trinajstić information content (AvgIpc) is 2.40. The van der Waals surface area contributed by atoms with Crippen molar-refractivity contribution < 1.29 is 24.2 Å². The number of rotatable bonds is 7. The molecule has 4 unspecified atom stereocenters. The molecule has 0 saturated carbocycles. The van der Waals surface area contributed by atoms with Crippen molar-refractivity contribution in [3.05, 3.63) is 0 Å². The molecule has 0 aliphatic carbocycles. The van der Waals surface area contributed by atoms with Gasteiger partial charge in [0.2, 0.25) is 5.91 Å². The SMILES string of the molecule is CCC(C)C(NC(=O)C(C)C(C)C(=O)O)C(=O)OC. The van der Waals surface area contributed by atoms with Crippen molar-refractivity contribution in [1.82, 2.24) is 5.32 Å². The summed E-state index contributed by atoms with van der Waals surface area (Å²) in [6.07, 6.45) is 0.697. The summed E-state index contributed by atoms with van der Waals surface area (Å²) in [6, 6.07) is -0.744. The minimum Gasteiger partial charge on any atom is -0.481 e. The monoisotopic (exact) mass is 273 g/mol. The number of hydrogen-bond donors (Lipinski definition) is 2. The van der Waals surface area contributed by atoms with E-state index in [9.17, 15) is 14.4 Å². The van der Waals surface area contributed by atoms with E-state index in [4.69, 9.17) is 5.11 Å². The summed E-state index contributed by atoms with van der Waals surface area (Å²) in [5.41, 5.74) is 0. The number of amides is 1. The molecule has 0 aromatic rings. The maximum atomic E-state index is 12.0. The molecule has 1 amide bonds. The molecule has 0 bridgehead atoms. The molecule has 0 aromatic heterocycles. The van der Waals surface area contributed by atoms with Crippen LogP contribution < -0.4 is 5.32 Å². The molecule has 6 nitrogen and oxygen atoms in total. The molecule has 2 N–H and O–H groups in total. The average molecular weight is 273 g/mol. The standard InChI is InChI=1S/C13H23NO5/c1-6-7(2)10(13(18)19-5)14-11(15)8(3)9(4)12(16)17/h7-10H,6H2,1-5H3,(H,14,15)(H,16,17). The third kappa shape index (κ3) is 4.89. The van der Waals surface area contributed by atoms with Crippen LogP contribution in [0.1, 0.15) is 34.1 Å². The van der Waals surface area contributed by atoms with Gasteiger partial charge in [-0.15, -0.1) is 0 Å². The highest BCUT2D eigenvalue weighted by Crippen LogP contribution is 2.14. The fourth-order valence-electron chi connectivity index (χ4n) is 1.52. The fourth-order valence-corrected chi connectivity index (χ4v) is 1.52. The van der Waals surface area contributed by atoms with Crippen LogP contribution in [0.25, 0.3) is 0 Å². The highest BCUT2D eigenvalue weighted by molar-refractivity contribution is 5.88. The largest absolute Gasteiger partial charge is 0.481 e. The zero-order valence-corrected chi connectivity index (χ0v) is 12.1. The van der Waals surface area contributed by atoms with E-state index in [2.05, 4.69) is 10.1 Å². The number of esters is 1. The van der Waals surface area contributed by atoms with Gasteiger partial charge in [0, 0.05) is 5.92 Å². The minimum absolute atomic E-state index is 0.0799. The van der Waals surface area contributed by atoms with Gasteiger partial charge in [0.25, 0.3) is 0 Å². The lowest BCUT2D eigenvalue weighted by Crippen LogP contribution is -2.48. The first-order chi connectivity index (χ1) is 8.76. The van der Waals surface area contributed by atoms with E-state index in [-0.39, 0.29) is 5.92 Å². The van der Waals surface area contributed by atoms with E-state index >= 15 is 0 Å². The van der Waals surface area contributed by atoms with Gasteiger partial charge in [0.05, 0.1) is 13.0 Å². The maximum absolute atomic E-state index is 12.0.